The van der Waals surface area contributed by atoms with Gasteiger partial charge in [0.2, 0.25) is 5.13 Å². The SMILES string of the molecule is Cc1nnc(NCc2csc(-c3ccccc3)n2)s1. The van der Waals surface area contributed by atoms with Gasteiger partial charge in [0.15, 0.2) is 0 Å². The van der Waals surface area contributed by atoms with Crippen molar-refractivity contribution in [3.8, 4) is 10.6 Å². The van der Waals surface area contributed by atoms with Crippen molar-refractivity contribution in [3.05, 3.63) is 46.4 Å². The van der Waals surface area contributed by atoms with Gasteiger partial charge in [-0.15, -0.1) is 21.5 Å². The van der Waals surface area contributed by atoms with Gasteiger partial charge in [0.1, 0.15) is 10.0 Å². The van der Waals surface area contributed by atoms with Crippen LogP contribution in [-0.4, -0.2) is 15.2 Å². The Hall–Kier alpha value is -1.79. The van der Waals surface area contributed by atoms with Crippen molar-refractivity contribution in [1.82, 2.24) is 15.2 Å². The molecule has 0 atom stereocenters. The summed E-state index contributed by atoms with van der Waals surface area (Å²) in [6, 6.07) is 10.2. The summed E-state index contributed by atoms with van der Waals surface area (Å²) in [5, 5.41) is 16.2. The molecule has 96 valence electrons. The fourth-order valence-electron chi connectivity index (χ4n) is 1.64. The number of anilines is 1. The van der Waals surface area contributed by atoms with Crippen molar-refractivity contribution in [3.63, 3.8) is 0 Å². The highest BCUT2D eigenvalue weighted by molar-refractivity contribution is 7.15. The molecule has 0 radical (unpaired) electrons. The fraction of sp³-hybridized carbons (Fsp3) is 0.154. The average molecular weight is 288 g/mol. The van der Waals surface area contributed by atoms with Crippen LogP contribution >= 0.6 is 22.7 Å². The van der Waals surface area contributed by atoms with Crippen LogP contribution in [0.3, 0.4) is 0 Å². The number of hydrogen-bond acceptors (Lipinski definition) is 6. The van der Waals surface area contributed by atoms with E-state index in [1.807, 2.05) is 25.1 Å². The van der Waals surface area contributed by atoms with E-state index in [0.717, 1.165) is 26.4 Å². The largest absolute Gasteiger partial charge is 0.354 e. The van der Waals surface area contributed by atoms with Gasteiger partial charge in [-0.05, 0) is 6.92 Å². The smallest absolute Gasteiger partial charge is 0.205 e. The molecule has 3 rings (SSSR count). The van der Waals surface area contributed by atoms with E-state index in [1.54, 1.807) is 22.7 Å². The van der Waals surface area contributed by atoms with Crippen LogP contribution in [0.1, 0.15) is 10.7 Å². The van der Waals surface area contributed by atoms with Crippen molar-refractivity contribution in [2.45, 2.75) is 13.5 Å². The monoisotopic (exact) mass is 288 g/mol. The Kier molecular flexibility index (Phi) is 3.52. The molecule has 0 amide bonds. The standard InChI is InChI=1S/C13H12N4S2/c1-9-16-17-13(19-9)14-7-11-8-18-12(15-11)10-5-3-2-4-6-10/h2-6,8H,7H2,1H3,(H,14,17). The van der Waals surface area contributed by atoms with Crippen LogP contribution in [0.15, 0.2) is 35.7 Å². The Bertz CT molecular complexity index is 660. The summed E-state index contributed by atoms with van der Waals surface area (Å²) >= 11 is 3.21. The zero-order valence-electron chi connectivity index (χ0n) is 10.3. The molecule has 0 bridgehead atoms. The van der Waals surface area contributed by atoms with Crippen molar-refractivity contribution >= 4 is 27.8 Å². The Balaban J connectivity index is 1.68. The summed E-state index contributed by atoms with van der Waals surface area (Å²) in [5.41, 5.74) is 2.18. The molecule has 0 fully saturated rings. The lowest BCUT2D eigenvalue weighted by Crippen LogP contribution is -1.99. The summed E-state index contributed by atoms with van der Waals surface area (Å²) in [6.07, 6.45) is 0. The predicted molar refractivity (Wildman–Crippen MR) is 79.5 cm³/mol. The molecule has 19 heavy (non-hydrogen) atoms. The van der Waals surface area contributed by atoms with Crippen LogP contribution < -0.4 is 5.32 Å². The van der Waals surface area contributed by atoms with Gasteiger partial charge in [0.05, 0.1) is 12.2 Å². The summed E-state index contributed by atoms with van der Waals surface area (Å²) in [5.74, 6) is 0. The third-order valence-electron chi connectivity index (χ3n) is 2.52. The molecule has 0 aliphatic carbocycles. The van der Waals surface area contributed by atoms with Gasteiger partial charge in [0, 0.05) is 10.9 Å². The number of nitrogens with one attached hydrogen (secondary N) is 1. The summed E-state index contributed by atoms with van der Waals surface area (Å²) < 4.78 is 0. The Morgan fingerprint density at radius 3 is 2.74 bits per heavy atom. The lowest BCUT2D eigenvalue weighted by atomic mass is 10.2. The predicted octanol–water partition coefficient (Wildman–Crippen LogP) is 3.58. The maximum absolute atomic E-state index is 4.61. The van der Waals surface area contributed by atoms with Crippen LogP contribution in [0.25, 0.3) is 10.6 Å². The molecular weight excluding hydrogens is 276 g/mol. The summed E-state index contributed by atoms with van der Waals surface area (Å²) in [6.45, 7) is 2.62. The van der Waals surface area contributed by atoms with E-state index < -0.39 is 0 Å². The Morgan fingerprint density at radius 2 is 2.00 bits per heavy atom. The number of hydrogen-bond donors (Lipinski definition) is 1. The Labute approximate surface area is 119 Å². The van der Waals surface area contributed by atoms with Crippen molar-refractivity contribution in [2.24, 2.45) is 0 Å². The van der Waals surface area contributed by atoms with Gasteiger partial charge in [0.25, 0.3) is 0 Å². The van der Waals surface area contributed by atoms with Crippen LogP contribution in [-0.2, 0) is 6.54 Å². The Morgan fingerprint density at radius 1 is 1.16 bits per heavy atom. The molecule has 2 heterocycles. The van der Waals surface area contributed by atoms with Gasteiger partial charge in [-0.2, -0.15) is 0 Å². The molecule has 2 aromatic heterocycles. The summed E-state index contributed by atoms with van der Waals surface area (Å²) in [7, 11) is 0. The number of rotatable bonds is 4. The lowest BCUT2D eigenvalue weighted by Gasteiger charge is -1.97. The molecule has 0 aliphatic heterocycles. The fourth-order valence-corrected chi connectivity index (χ4v) is 3.05. The third-order valence-corrected chi connectivity index (χ3v) is 4.26. The highest BCUT2D eigenvalue weighted by atomic mass is 32.1. The highest BCUT2D eigenvalue weighted by Gasteiger charge is 2.05. The van der Waals surface area contributed by atoms with E-state index in [2.05, 4.69) is 38.0 Å². The second kappa shape index (κ2) is 5.46. The molecule has 0 unspecified atom stereocenters. The molecule has 1 aromatic carbocycles. The summed E-state index contributed by atoms with van der Waals surface area (Å²) in [4.78, 5) is 4.61. The second-order valence-electron chi connectivity index (χ2n) is 3.99. The van der Waals surface area contributed by atoms with E-state index in [0.29, 0.717) is 6.54 Å². The van der Waals surface area contributed by atoms with E-state index >= 15 is 0 Å². The highest BCUT2D eigenvalue weighted by Crippen LogP contribution is 2.24. The number of nitrogens with zero attached hydrogens (tertiary/aromatic N) is 3. The first kappa shape index (κ1) is 12.3. The molecule has 0 spiro atoms. The van der Waals surface area contributed by atoms with Gasteiger partial charge in [-0.1, -0.05) is 41.7 Å². The number of aryl methyl sites for hydroxylation is 1. The molecule has 3 aromatic rings. The molecule has 0 saturated carbocycles. The number of aromatic nitrogens is 3. The zero-order chi connectivity index (χ0) is 13.1. The first-order valence-corrected chi connectivity index (χ1v) is 7.55. The van der Waals surface area contributed by atoms with Crippen molar-refractivity contribution in [2.75, 3.05) is 5.32 Å². The van der Waals surface area contributed by atoms with Gasteiger partial charge in [-0.25, -0.2) is 4.98 Å². The van der Waals surface area contributed by atoms with Gasteiger partial charge < -0.3 is 5.32 Å². The topological polar surface area (TPSA) is 50.7 Å². The molecule has 0 aliphatic rings. The molecule has 6 heteroatoms. The maximum atomic E-state index is 4.61. The second-order valence-corrected chi connectivity index (χ2v) is 6.03. The van der Waals surface area contributed by atoms with E-state index in [4.69, 9.17) is 0 Å². The van der Waals surface area contributed by atoms with E-state index in [-0.39, 0.29) is 0 Å². The molecule has 0 saturated heterocycles. The van der Waals surface area contributed by atoms with Crippen molar-refractivity contribution < 1.29 is 0 Å². The van der Waals surface area contributed by atoms with Crippen LogP contribution in [0, 0.1) is 6.92 Å². The minimum Gasteiger partial charge on any atom is -0.354 e. The van der Waals surface area contributed by atoms with Gasteiger partial charge >= 0.3 is 0 Å². The minimum atomic E-state index is 0.679. The molecule has 1 N–H and O–H groups in total. The molecule has 4 nitrogen and oxygen atoms in total. The average Bonchev–Trinajstić information content (AvgIpc) is 3.06. The van der Waals surface area contributed by atoms with Crippen LogP contribution in [0.5, 0.6) is 0 Å². The lowest BCUT2D eigenvalue weighted by molar-refractivity contribution is 1.01. The van der Waals surface area contributed by atoms with Crippen molar-refractivity contribution in [1.29, 1.82) is 0 Å². The van der Waals surface area contributed by atoms with Gasteiger partial charge in [-0.3, -0.25) is 0 Å². The van der Waals surface area contributed by atoms with Crippen LogP contribution in [0.2, 0.25) is 0 Å². The number of benzene rings is 1. The first-order valence-electron chi connectivity index (χ1n) is 5.85. The third kappa shape index (κ3) is 2.97. The molecular formula is C13H12N4S2. The van der Waals surface area contributed by atoms with E-state index in [9.17, 15) is 0 Å². The maximum Gasteiger partial charge on any atom is 0.205 e. The quantitative estimate of drug-likeness (QED) is 0.797. The van der Waals surface area contributed by atoms with Crippen LogP contribution in [0.4, 0.5) is 5.13 Å². The minimum absolute atomic E-state index is 0.679. The first-order chi connectivity index (χ1) is 9.31. The normalized spacial score (nSPS) is 10.6. The zero-order valence-corrected chi connectivity index (χ0v) is 12.0. The van der Waals surface area contributed by atoms with E-state index in [1.165, 1.54) is 0 Å². The number of thiazole rings is 1.